The van der Waals surface area contributed by atoms with Crippen molar-refractivity contribution in [1.82, 2.24) is 14.9 Å². The summed E-state index contributed by atoms with van der Waals surface area (Å²) in [5.41, 5.74) is 2.43. The van der Waals surface area contributed by atoms with E-state index in [2.05, 4.69) is 70.1 Å². The first-order valence-corrected chi connectivity index (χ1v) is 8.45. The van der Waals surface area contributed by atoms with Crippen LogP contribution >= 0.6 is 0 Å². The van der Waals surface area contributed by atoms with E-state index in [-0.39, 0.29) is 0 Å². The molecule has 0 aliphatic carbocycles. The van der Waals surface area contributed by atoms with E-state index in [0.717, 1.165) is 24.6 Å². The summed E-state index contributed by atoms with van der Waals surface area (Å²) < 4.78 is 0. The molecule has 0 amide bonds. The number of nitrogens with zero attached hydrogens (tertiary/aromatic N) is 4. The van der Waals surface area contributed by atoms with Crippen molar-refractivity contribution < 1.29 is 0 Å². The van der Waals surface area contributed by atoms with Crippen molar-refractivity contribution in [3.63, 3.8) is 0 Å². The van der Waals surface area contributed by atoms with Crippen molar-refractivity contribution >= 4 is 5.82 Å². The average Bonchev–Trinajstić information content (AvgIpc) is 2.61. The molecule has 2 aromatic rings. The van der Waals surface area contributed by atoms with Crippen LogP contribution in [-0.2, 0) is 0 Å². The van der Waals surface area contributed by atoms with Gasteiger partial charge in [0, 0.05) is 44.0 Å². The Bertz CT molecular complexity index is 620. The highest BCUT2D eigenvalue weighted by molar-refractivity contribution is 5.39. The van der Waals surface area contributed by atoms with Crippen LogP contribution in [0, 0.1) is 6.92 Å². The van der Waals surface area contributed by atoms with Crippen LogP contribution in [0.4, 0.5) is 5.82 Å². The summed E-state index contributed by atoms with van der Waals surface area (Å²) in [4.78, 5) is 13.5. The van der Waals surface area contributed by atoms with Gasteiger partial charge in [-0.25, -0.2) is 9.97 Å². The minimum Gasteiger partial charge on any atom is -0.356 e. The van der Waals surface area contributed by atoms with Gasteiger partial charge in [-0.05, 0) is 32.3 Å². The van der Waals surface area contributed by atoms with Gasteiger partial charge in [0.05, 0.1) is 0 Å². The van der Waals surface area contributed by atoms with Gasteiger partial charge in [0.2, 0.25) is 0 Å². The highest BCUT2D eigenvalue weighted by Gasteiger charge is 2.26. The smallest absolute Gasteiger partial charge is 0.132 e. The lowest BCUT2D eigenvalue weighted by Crippen LogP contribution is -2.44. The Labute approximate surface area is 139 Å². The maximum atomic E-state index is 4.42. The summed E-state index contributed by atoms with van der Waals surface area (Å²) >= 11 is 0. The quantitative estimate of drug-likeness (QED) is 0.866. The molecular weight excluding hydrogens is 284 g/mol. The van der Waals surface area contributed by atoms with Gasteiger partial charge in [-0.3, -0.25) is 4.90 Å². The molecule has 0 saturated carbocycles. The van der Waals surface area contributed by atoms with Crippen LogP contribution in [-0.4, -0.2) is 41.0 Å². The maximum Gasteiger partial charge on any atom is 0.132 e. The number of aromatic nitrogens is 2. The lowest BCUT2D eigenvalue weighted by molar-refractivity contribution is 0.161. The Balaban J connectivity index is 1.60. The minimum atomic E-state index is 0.490. The molecular formula is C19H26N4. The van der Waals surface area contributed by atoms with Gasteiger partial charge in [-0.15, -0.1) is 0 Å². The Morgan fingerprint density at radius 1 is 1.13 bits per heavy atom. The molecule has 1 saturated heterocycles. The minimum absolute atomic E-state index is 0.490. The zero-order valence-electron chi connectivity index (χ0n) is 14.3. The molecule has 1 aromatic heterocycles. The molecule has 0 spiro atoms. The van der Waals surface area contributed by atoms with Crippen molar-refractivity contribution in [1.29, 1.82) is 0 Å². The van der Waals surface area contributed by atoms with Crippen LogP contribution in [0.5, 0.6) is 0 Å². The standard InChI is InChI=1S/C19H26N4/c1-15-13-19(21-14-20-15)22(3)18-9-11-23(12-10-18)16(2)17-7-5-4-6-8-17/h4-8,13-14,16,18H,9-12H2,1-3H3. The zero-order chi connectivity index (χ0) is 16.2. The van der Waals surface area contributed by atoms with Crippen LogP contribution in [0.2, 0.25) is 0 Å². The van der Waals surface area contributed by atoms with Crippen LogP contribution in [0.25, 0.3) is 0 Å². The van der Waals surface area contributed by atoms with Crippen LogP contribution in [0.15, 0.2) is 42.7 Å². The normalized spacial score (nSPS) is 17.9. The number of hydrogen-bond donors (Lipinski definition) is 0. The predicted molar refractivity (Wildman–Crippen MR) is 94.6 cm³/mol. The Morgan fingerprint density at radius 2 is 1.83 bits per heavy atom. The third-order valence-electron chi connectivity index (χ3n) is 5.03. The first kappa shape index (κ1) is 15.9. The summed E-state index contributed by atoms with van der Waals surface area (Å²) in [7, 11) is 2.16. The summed E-state index contributed by atoms with van der Waals surface area (Å²) in [5.74, 6) is 1.03. The summed E-state index contributed by atoms with van der Waals surface area (Å²) in [6.45, 7) is 6.60. The Hall–Kier alpha value is -1.94. The van der Waals surface area contributed by atoms with Gasteiger partial charge >= 0.3 is 0 Å². The third kappa shape index (κ3) is 3.70. The molecule has 0 N–H and O–H groups in total. The van der Waals surface area contributed by atoms with Gasteiger partial charge in [0.15, 0.2) is 0 Å². The van der Waals surface area contributed by atoms with E-state index in [4.69, 9.17) is 0 Å². The van der Waals surface area contributed by atoms with Crippen LogP contribution < -0.4 is 4.90 Å². The van der Waals surface area contributed by atoms with E-state index in [0.29, 0.717) is 12.1 Å². The largest absolute Gasteiger partial charge is 0.356 e. The number of piperidine rings is 1. The molecule has 1 aromatic carbocycles. The number of anilines is 1. The topological polar surface area (TPSA) is 32.3 Å². The monoisotopic (exact) mass is 310 g/mol. The van der Waals surface area contributed by atoms with Gasteiger partial charge in [-0.1, -0.05) is 30.3 Å². The SMILES string of the molecule is Cc1cc(N(C)C2CCN(C(C)c3ccccc3)CC2)ncn1. The fourth-order valence-electron chi connectivity index (χ4n) is 3.42. The third-order valence-corrected chi connectivity index (χ3v) is 5.03. The second-order valence-corrected chi connectivity index (χ2v) is 6.48. The fourth-order valence-corrected chi connectivity index (χ4v) is 3.42. The van der Waals surface area contributed by atoms with Crippen molar-refractivity contribution in [2.24, 2.45) is 0 Å². The Morgan fingerprint density at radius 3 is 2.48 bits per heavy atom. The summed E-state index contributed by atoms with van der Waals surface area (Å²) in [6.07, 6.45) is 4.02. The molecule has 1 atom stereocenters. The fraction of sp³-hybridized carbons (Fsp3) is 0.474. The van der Waals surface area contributed by atoms with E-state index in [9.17, 15) is 0 Å². The van der Waals surface area contributed by atoms with Crippen LogP contribution in [0.1, 0.15) is 37.1 Å². The lowest BCUT2D eigenvalue weighted by Gasteiger charge is -2.40. The van der Waals surface area contributed by atoms with E-state index in [1.54, 1.807) is 6.33 Å². The van der Waals surface area contributed by atoms with Crippen molar-refractivity contribution in [3.05, 3.63) is 54.0 Å². The molecule has 0 bridgehead atoms. The molecule has 1 unspecified atom stereocenters. The lowest BCUT2D eigenvalue weighted by atomic mass is 9.99. The molecule has 1 aliphatic heterocycles. The van der Waals surface area contributed by atoms with Crippen LogP contribution in [0.3, 0.4) is 0 Å². The van der Waals surface area contributed by atoms with E-state index >= 15 is 0 Å². The molecule has 4 nitrogen and oxygen atoms in total. The summed E-state index contributed by atoms with van der Waals surface area (Å²) in [6, 6.07) is 13.9. The zero-order valence-corrected chi connectivity index (χ0v) is 14.3. The average molecular weight is 310 g/mol. The first-order valence-electron chi connectivity index (χ1n) is 8.45. The molecule has 23 heavy (non-hydrogen) atoms. The molecule has 2 heterocycles. The highest BCUT2D eigenvalue weighted by atomic mass is 15.2. The molecule has 1 fully saturated rings. The van der Waals surface area contributed by atoms with Gasteiger partial charge in [-0.2, -0.15) is 0 Å². The van der Waals surface area contributed by atoms with Gasteiger partial charge < -0.3 is 4.90 Å². The van der Waals surface area contributed by atoms with Crippen molar-refractivity contribution in [2.75, 3.05) is 25.0 Å². The van der Waals surface area contributed by atoms with E-state index in [1.165, 1.54) is 18.4 Å². The molecule has 122 valence electrons. The molecule has 0 radical (unpaired) electrons. The van der Waals surface area contributed by atoms with Crippen molar-refractivity contribution in [3.8, 4) is 0 Å². The number of benzene rings is 1. The van der Waals surface area contributed by atoms with E-state index < -0.39 is 0 Å². The van der Waals surface area contributed by atoms with Crippen molar-refractivity contribution in [2.45, 2.75) is 38.8 Å². The Kier molecular flexibility index (Phi) is 4.91. The van der Waals surface area contributed by atoms with E-state index in [1.807, 2.05) is 6.92 Å². The maximum absolute atomic E-state index is 4.42. The predicted octanol–water partition coefficient (Wildman–Crippen LogP) is 3.45. The molecule has 4 heteroatoms. The highest BCUT2D eigenvalue weighted by Crippen LogP contribution is 2.27. The second kappa shape index (κ2) is 7.09. The number of rotatable bonds is 4. The number of aryl methyl sites for hydroxylation is 1. The van der Waals surface area contributed by atoms with Gasteiger partial charge in [0.1, 0.15) is 12.1 Å². The number of likely N-dealkylation sites (tertiary alicyclic amines) is 1. The number of hydrogen-bond acceptors (Lipinski definition) is 4. The summed E-state index contributed by atoms with van der Waals surface area (Å²) in [5, 5.41) is 0. The van der Waals surface area contributed by atoms with Gasteiger partial charge in [0.25, 0.3) is 0 Å². The first-order chi connectivity index (χ1) is 11.1. The molecule has 3 rings (SSSR count). The molecule has 1 aliphatic rings. The second-order valence-electron chi connectivity index (χ2n) is 6.48.